The Morgan fingerprint density at radius 2 is 1.86 bits per heavy atom. The van der Waals surface area contributed by atoms with E-state index in [0.717, 1.165) is 29.7 Å². The molecule has 1 N–H and O–H groups in total. The lowest BCUT2D eigenvalue weighted by Gasteiger charge is -2.30. The molecule has 114 valence electrons. The molecule has 1 aliphatic rings. The Morgan fingerprint density at radius 1 is 1.29 bits per heavy atom. The van der Waals surface area contributed by atoms with Crippen LogP contribution in [0, 0.1) is 38.0 Å². The zero-order chi connectivity index (χ0) is 15.6. The fourth-order valence-corrected chi connectivity index (χ4v) is 3.10. The molecule has 3 heteroatoms. The van der Waals surface area contributed by atoms with Crippen molar-refractivity contribution in [1.29, 1.82) is 5.26 Å². The van der Waals surface area contributed by atoms with Crippen LogP contribution in [-0.4, -0.2) is 18.2 Å². The molecule has 1 fully saturated rings. The molecule has 2 rings (SSSR count). The number of nitrogens with zero attached hydrogens (tertiary/aromatic N) is 1. The second-order valence-electron chi connectivity index (χ2n) is 6.67. The highest BCUT2D eigenvalue weighted by atomic mass is 16.5. The number of hydrogen-bond acceptors (Lipinski definition) is 3. The number of rotatable bonds is 6. The van der Waals surface area contributed by atoms with E-state index in [2.05, 4.69) is 58.1 Å². The van der Waals surface area contributed by atoms with Crippen molar-refractivity contribution < 1.29 is 4.74 Å². The van der Waals surface area contributed by atoms with Crippen molar-refractivity contribution in [2.75, 3.05) is 6.61 Å². The Hall–Kier alpha value is -1.53. The standard InChI is InChI=1S/C18H26N2O/c1-12(2)20-18(10-19,16-6-7-16)11-21-17-14(4)8-13(3)9-15(17)5/h8-9,12,16,20H,6-7,11H2,1-5H3. The molecular formula is C18H26N2O. The molecule has 0 aliphatic heterocycles. The minimum absolute atomic E-state index is 0.272. The van der Waals surface area contributed by atoms with Crippen LogP contribution < -0.4 is 10.1 Å². The van der Waals surface area contributed by atoms with Crippen molar-refractivity contribution in [3.05, 3.63) is 28.8 Å². The van der Waals surface area contributed by atoms with E-state index >= 15 is 0 Å². The van der Waals surface area contributed by atoms with E-state index in [9.17, 15) is 5.26 Å². The van der Waals surface area contributed by atoms with Crippen LogP contribution in [0.3, 0.4) is 0 Å². The molecule has 1 aromatic rings. The van der Waals surface area contributed by atoms with E-state index in [1.54, 1.807) is 0 Å². The molecular weight excluding hydrogens is 260 g/mol. The summed E-state index contributed by atoms with van der Waals surface area (Å²) >= 11 is 0. The molecule has 1 unspecified atom stereocenters. The highest BCUT2D eigenvalue weighted by Crippen LogP contribution is 2.40. The Bertz CT molecular complexity index is 532. The first-order valence-electron chi connectivity index (χ1n) is 7.77. The number of nitriles is 1. The summed E-state index contributed by atoms with van der Waals surface area (Å²) in [5.41, 5.74) is 2.96. The normalized spacial score (nSPS) is 17.4. The third-order valence-electron chi connectivity index (χ3n) is 4.07. The molecule has 21 heavy (non-hydrogen) atoms. The SMILES string of the molecule is Cc1cc(C)c(OCC(C#N)(NC(C)C)C2CC2)c(C)c1. The minimum atomic E-state index is -0.558. The summed E-state index contributed by atoms with van der Waals surface area (Å²) in [5, 5.41) is 13.1. The van der Waals surface area contributed by atoms with E-state index < -0.39 is 5.54 Å². The molecule has 1 aromatic carbocycles. The van der Waals surface area contributed by atoms with Gasteiger partial charge in [0.1, 0.15) is 17.9 Å². The van der Waals surface area contributed by atoms with Gasteiger partial charge >= 0.3 is 0 Å². The van der Waals surface area contributed by atoms with E-state index in [0.29, 0.717) is 12.5 Å². The summed E-state index contributed by atoms with van der Waals surface area (Å²) < 4.78 is 6.10. The first kappa shape index (κ1) is 15.9. The van der Waals surface area contributed by atoms with Gasteiger partial charge in [-0.2, -0.15) is 5.26 Å². The molecule has 0 amide bonds. The summed E-state index contributed by atoms with van der Waals surface area (Å²) in [6.45, 7) is 10.8. The summed E-state index contributed by atoms with van der Waals surface area (Å²) in [4.78, 5) is 0. The third-order valence-corrected chi connectivity index (χ3v) is 4.07. The number of aryl methyl sites for hydroxylation is 3. The van der Waals surface area contributed by atoms with Crippen LogP contribution >= 0.6 is 0 Å². The van der Waals surface area contributed by atoms with Gasteiger partial charge in [-0.3, -0.25) is 5.32 Å². The van der Waals surface area contributed by atoms with Gasteiger partial charge < -0.3 is 4.74 Å². The van der Waals surface area contributed by atoms with Crippen LogP contribution in [0.25, 0.3) is 0 Å². The van der Waals surface area contributed by atoms with Gasteiger partial charge in [0.15, 0.2) is 0 Å². The molecule has 0 aromatic heterocycles. The van der Waals surface area contributed by atoms with Crippen LogP contribution in [0.1, 0.15) is 43.4 Å². The molecule has 0 heterocycles. The topological polar surface area (TPSA) is 45.0 Å². The molecule has 0 bridgehead atoms. The molecule has 1 atom stereocenters. The largest absolute Gasteiger partial charge is 0.490 e. The number of hydrogen-bond donors (Lipinski definition) is 1. The lowest BCUT2D eigenvalue weighted by molar-refractivity contribution is 0.191. The zero-order valence-electron chi connectivity index (χ0n) is 13.8. The number of benzene rings is 1. The van der Waals surface area contributed by atoms with Crippen molar-refractivity contribution in [1.82, 2.24) is 5.32 Å². The van der Waals surface area contributed by atoms with Gasteiger partial charge in [0.2, 0.25) is 0 Å². The molecule has 3 nitrogen and oxygen atoms in total. The lowest BCUT2D eigenvalue weighted by Crippen LogP contribution is -2.53. The highest BCUT2D eigenvalue weighted by molar-refractivity contribution is 5.43. The van der Waals surface area contributed by atoms with Crippen molar-refractivity contribution in [3.63, 3.8) is 0 Å². The Morgan fingerprint density at radius 3 is 2.29 bits per heavy atom. The summed E-state index contributed by atoms with van der Waals surface area (Å²) in [5.74, 6) is 1.34. The fraction of sp³-hybridized carbons (Fsp3) is 0.611. The van der Waals surface area contributed by atoms with E-state index in [1.807, 2.05) is 0 Å². The predicted octanol–water partition coefficient (Wildman–Crippen LogP) is 3.66. The Balaban J connectivity index is 2.18. The van der Waals surface area contributed by atoms with Crippen LogP contribution in [0.2, 0.25) is 0 Å². The van der Waals surface area contributed by atoms with Crippen molar-refractivity contribution in [2.45, 2.75) is 59.0 Å². The van der Waals surface area contributed by atoms with Gasteiger partial charge in [-0.05, 0) is 64.5 Å². The van der Waals surface area contributed by atoms with Crippen molar-refractivity contribution >= 4 is 0 Å². The first-order valence-corrected chi connectivity index (χ1v) is 7.77. The Kier molecular flexibility index (Phi) is 4.58. The zero-order valence-corrected chi connectivity index (χ0v) is 13.8. The van der Waals surface area contributed by atoms with Crippen LogP contribution in [0.5, 0.6) is 5.75 Å². The maximum Gasteiger partial charge on any atom is 0.144 e. The van der Waals surface area contributed by atoms with E-state index in [-0.39, 0.29) is 6.04 Å². The molecule has 1 saturated carbocycles. The molecule has 0 radical (unpaired) electrons. The number of ether oxygens (including phenoxy) is 1. The van der Waals surface area contributed by atoms with Crippen LogP contribution in [0.4, 0.5) is 0 Å². The quantitative estimate of drug-likeness (QED) is 0.868. The summed E-state index contributed by atoms with van der Waals surface area (Å²) in [6, 6.07) is 7.02. The van der Waals surface area contributed by atoms with Crippen LogP contribution in [-0.2, 0) is 0 Å². The minimum Gasteiger partial charge on any atom is -0.490 e. The highest BCUT2D eigenvalue weighted by Gasteiger charge is 2.47. The summed E-state index contributed by atoms with van der Waals surface area (Å²) in [6.07, 6.45) is 2.23. The van der Waals surface area contributed by atoms with Crippen molar-refractivity contribution in [3.8, 4) is 11.8 Å². The molecule has 0 spiro atoms. The van der Waals surface area contributed by atoms with E-state index in [4.69, 9.17) is 4.74 Å². The van der Waals surface area contributed by atoms with Crippen molar-refractivity contribution in [2.24, 2.45) is 5.92 Å². The van der Waals surface area contributed by atoms with Gasteiger partial charge in [-0.1, -0.05) is 17.7 Å². The predicted molar refractivity (Wildman–Crippen MR) is 85.5 cm³/mol. The van der Waals surface area contributed by atoms with Crippen LogP contribution in [0.15, 0.2) is 12.1 Å². The molecule has 0 saturated heterocycles. The van der Waals surface area contributed by atoms with Gasteiger partial charge in [-0.25, -0.2) is 0 Å². The average Bonchev–Trinajstić information content (AvgIpc) is 3.20. The smallest absolute Gasteiger partial charge is 0.144 e. The van der Waals surface area contributed by atoms with E-state index in [1.165, 1.54) is 5.56 Å². The average molecular weight is 286 g/mol. The first-order chi connectivity index (χ1) is 9.88. The second kappa shape index (κ2) is 6.07. The monoisotopic (exact) mass is 286 g/mol. The maximum atomic E-state index is 9.70. The fourth-order valence-electron chi connectivity index (χ4n) is 3.10. The third kappa shape index (κ3) is 3.57. The van der Waals surface area contributed by atoms with Gasteiger partial charge in [0.25, 0.3) is 0 Å². The van der Waals surface area contributed by atoms with Gasteiger partial charge in [0, 0.05) is 6.04 Å². The second-order valence-corrected chi connectivity index (χ2v) is 6.67. The lowest BCUT2D eigenvalue weighted by atomic mass is 9.95. The Labute approximate surface area is 128 Å². The molecule has 1 aliphatic carbocycles. The summed E-state index contributed by atoms with van der Waals surface area (Å²) in [7, 11) is 0. The van der Waals surface area contributed by atoms with Gasteiger partial charge in [0.05, 0.1) is 6.07 Å². The van der Waals surface area contributed by atoms with Gasteiger partial charge in [-0.15, -0.1) is 0 Å². The maximum absolute atomic E-state index is 9.70. The number of nitrogens with one attached hydrogen (secondary N) is 1.